The van der Waals surface area contributed by atoms with Gasteiger partial charge in [-0.2, -0.15) is 9.78 Å². The first-order chi connectivity index (χ1) is 13.3. The van der Waals surface area contributed by atoms with Gasteiger partial charge in [-0.15, -0.1) is 22.9 Å². The molecule has 0 spiro atoms. The third-order valence-corrected chi connectivity index (χ3v) is 4.88. The van der Waals surface area contributed by atoms with Crippen LogP contribution >= 0.6 is 22.9 Å². The van der Waals surface area contributed by atoms with E-state index in [0.717, 1.165) is 16.0 Å². The van der Waals surface area contributed by atoms with Gasteiger partial charge >= 0.3 is 5.97 Å². The fraction of sp³-hybridized carbons (Fsp3) is 0.222. The Kier molecular flexibility index (Phi) is 5.76. The van der Waals surface area contributed by atoms with Gasteiger partial charge in [-0.25, -0.2) is 9.18 Å². The molecule has 1 atom stereocenters. The maximum Gasteiger partial charge on any atom is 0.359 e. The van der Waals surface area contributed by atoms with E-state index in [4.69, 9.17) is 16.3 Å². The van der Waals surface area contributed by atoms with Crippen molar-refractivity contribution >= 4 is 50.6 Å². The molecule has 10 heteroatoms. The van der Waals surface area contributed by atoms with Crippen LogP contribution in [-0.2, 0) is 9.53 Å². The summed E-state index contributed by atoms with van der Waals surface area (Å²) < 4.78 is 19.3. The molecule has 0 aliphatic heterocycles. The maximum atomic E-state index is 13.3. The highest BCUT2D eigenvalue weighted by atomic mass is 35.5. The molecule has 2 aromatic heterocycles. The summed E-state index contributed by atoms with van der Waals surface area (Å²) in [5.41, 5.74) is -0.405. The Labute approximate surface area is 167 Å². The van der Waals surface area contributed by atoms with Crippen LogP contribution in [0.3, 0.4) is 0 Å². The highest BCUT2D eigenvalue weighted by Crippen LogP contribution is 2.31. The predicted molar refractivity (Wildman–Crippen MR) is 105 cm³/mol. The van der Waals surface area contributed by atoms with Crippen LogP contribution in [0.2, 0.25) is 0 Å². The Balaban J connectivity index is 2.27. The lowest BCUT2D eigenvalue weighted by molar-refractivity contribution is -0.115. The summed E-state index contributed by atoms with van der Waals surface area (Å²) in [6, 6.07) is 5.05. The predicted octanol–water partition coefficient (Wildman–Crippen LogP) is 3.33. The van der Waals surface area contributed by atoms with Crippen molar-refractivity contribution in [3.8, 4) is 5.69 Å². The van der Waals surface area contributed by atoms with Crippen molar-refractivity contribution in [2.75, 3.05) is 11.9 Å². The van der Waals surface area contributed by atoms with Gasteiger partial charge in [-0.3, -0.25) is 9.59 Å². The van der Waals surface area contributed by atoms with E-state index in [9.17, 15) is 18.8 Å². The number of carbonyl (C=O) groups excluding carboxylic acids is 2. The van der Waals surface area contributed by atoms with Gasteiger partial charge in [0.05, 0.1) is 17.7 Å². The summed E-state index contributed by atoms with van der Waals surface area (Å²) in [5.74, 6) is -1.69. The van der Waals surface area contributed by atoms with E-state index in [1.54, 1.807) is 12.3 Å². The molecule has 2 heterocycles. The van der Waals surface area contributed by atoms with Crippen LogP contribution in [-0.4, -0.2) is 33.6 Å². The van der Waals surface area contributed by atoms with Crippen molar-refractivity contribution < 1.29 is 18.7 Å². The summed E-state index contributed by atoms with van der Waals surface area (Å²) >= 11 is 6.86. The number of esters is 1. The van der Waals surface area contributed by atoms with Crippen LogP contribution in [0.15, 0.2) is 34.4 Å². The third-order valence-electron chi connectivity index (χ3n) is 3.79. The highest BCUT2D eigenvalue weighted by Gasteiger charge is 2.23. The highest BCUT2D eigenvalue weighted by molar-refractivity contribution is 7.16. The summed E-state index contributed by atoms with van der Waals surface area (Å²) in [5, 5.41) is 8.02. The number of hydrogen-bond donors (Lipinski definition) is 1. The van der Waals surface area contributed by atoms with Crippen molar-refractivity contribution in [3.05, 3.63) is 51.5 Å². The van der Waals surface area contributed by atoms with Gasteiger partial charge in [-0.05, 0) is 38.1 Å². The molecule has 1 aromatic carbocycles. The Morgan fingerprint density at radius 3 is 2.64 bits per heavy atom. The first-order valence-corrected chi connectivity index (χ1v) is 9.57. The number of ether oxygens (including phenoxy) is 1. The topological polar surface area (TPSA) is 90.3 Å². The summed E-state index contributed by atoms with van der Waals surface area (Å²) in [6.07, 6.45) is 0. The van der Waals surface area contributed by atoms with Gasteiger partial charge in [0.15, 0.2) is 5.69 Å². The number of carbonyl (C=O) groups is 2. The van der Waals surface area contributed by atoms with E-state index in [0.29, 0.717) is 0 Å². The molecule has 0 saturated carbocycles. The van der Waals surface area contributed by atoms with E-state index < -0.39 is 28.6 Å². The van der Waals surface area contributed by atoms with E-state index in [2.05, 4.69) is 10.4 Å². The van der Waals surface area contributed by atoms with E-state index in [-0.39, 0.29) is 33.8 Å². The molecule has 0 bridgehead atoms. The molecule has 3 aromatic rings. The zero-order valence-electron chi connectivity index (χ0n) is 14.9. The minimum atomic E-state index is -0.817. The fourth-order valence-corrected chi connectivity index (χ4v) is 3.45. The SMILES string of the molecule is CCOC(=O)c1nn(-c2ccc(F)cc2)c(=O)c2c(NC(=O)[C@@H](C)Cl)scc12. The van der Waals surface area contributed by atoms with Gasteiger partial charge in [0, 0.05) is 10.8 Å². The number of nitrogens with one attached hydrogen (secondary N) is 1. The molecule has 0 saturated heterocycles. The van der Waals surface area contributed by atoms with Crippen LogP contribution in [0, 0.1) is 5.82 Å². The number of alkyl halides is 1. The van der Waals surface area contributed by atoms with Gasteiger partial charge in [-0.1, -0.05) is 0 Å². The molecule has 1 amide bonds. The van der Waals surface area contributed by atoms with Crippen LogP contribution in [0.5, 0.6) is 0 Å². The lowest BCUT2D eigenvalue weighted by Crippen LogP contribution is -2.26. The summed E-state index contributed by atoms with van der Waals surface area (Å²) in [4.78, 5) is 37.4. The Morgan fingerprint density at radius 2 is 2.04 bits per heavy atom. The van der Waals surface area contributed by atoms with E-state index >= 15 is 0 Å². The first kappa shape index (κ1) is 20.0. The quantitative estimate of drug-likeness (QED) is 0.502. The lowest BCUT2D eigenvalue weighted by Gasteiger charge is -2.10. The lowest BCUT2D eigenvalue weighted by atomic mass is 10.2. The van der Waals surface area contributed by atoms with Crippen molar-refractivity contribution in [2.24, 2.45) is 0 Å². The van der Waals surface area contributed by atoms with Gasteiger partial charge in [0.25, 0.3) is 5.56 Å². The zero-order chi connectivity index (χ0) is 20.4. The van der Waals surface area contributed by atoms with E-state index in [1.165, 1.54) is 31.2 Å². The molecule has 0 unspecified atom stereocenters. The number of fused-ring (bicyclic) bond motifs is 1. The number of halogens is 2. The largest absolute Gasteiger partial charge is 0.461 e. The Hall–Kier alpha value is -2.78. The summed E-state index contributed by atoms with van der Waals surface area (Å²) in [7, 11) is 0. The molecule has 0 radical (unpaired) electrons. The average Bonchev–Trinajstić information content (AvgIpc) is 3.07. The molecule has 1 N–H and O–H groups in total. The van der Waals surface area contributed by atoms with Crippen molar-refractivity contribution in [1.29, 1.82) is 0 Å². The minimum Gasteiger partial charge on any atom is -0.461 e. The van der Waals surface area contributed by atoms with Crippen LogP contribution < -0.4 is 10.9 Å². The second kappa shape index (κ2) is 8.07. The zero-order valence-corrected chi connectivity index (χ0v) is 16.4. The van der Waals surface area contributed by atoms with Crippen LogP contribution in [0.25, 0.3) is 16.5 Å². The number of benzene rings is 1. The average molecular weight is 424 g/mol. The molecule has 3 rings (SSSR count). The molecule has 7 nitrogen and oxygen atoms in total. The Bertz CT molecular complexity index is 1110. The van der Waals surface area contributed by atoms with Gasteiger partial charge in [0.1, 0.15) is 16.2 Å². The van der Waals surface area contributed by atoms with Crippen LogP contribution in [0.1, 0.15) is 24.3 Å². The number of rotatable bonds is 5. The molecule has 146 valence electrons. The molecular formula is C18H15ClFN3O4S. The maximum absolute atomic E-state index is 13.3. The fourth-order valence-electron chi connectivity index (χ4n) is 2.46. The standard InChI is InChI=1S/C18H15ClFN3O4S/c1-3-27-18(26)14-12-8-28-16(21-15(24)9(2)19)13(12)17(25)23(22-14)11-6-4-10(20)5-7-11/h4-9H,3H2,1-2H3,(H,21,24)/t9-/m1/s1. The molecule has 0 aliphatic rings. The molecule has 28 heavy (non-hydrogen) atoms. The van der Waals surface area contributed by atoms with Crippen molar-refractivity contribution in [1.82, 2.24) is 9.78 Å². The monoisotopic (exact) mass is 423 g/mol. The number of thiophene rings is 1. The van der Waals surface area contributed by atoms with Crippen LogP contribution in [0.4, 0.5) is 9.39 Å². The number of hydrogen-bond acceptors (Lipinski definition) is 6. The smallest absolute Gasteiger partial charge is 0.359 e. The molecular weight excluding hydrogens is 409 g/mol. The number of nitrogens with zero attached hydrogens (tertiary/aromatic N) is 2. The van der Waals surface area contributed by atoms with Gasteiger partial charge < -0.3 is 10.1 Å². The molecule has 0 aliphatic carbocycles. The normalized spacial score (nSPS) is 12.0. The van der Waals surface area contributed by atoms with E-state index in [1.807, 2.05) is 0 Å². The van der Waals surface area contributed by atoms with Crippen molar-refractivity contribution in [2.45, 2.75) is 19.2 Å². The number of anilines is 1. The third kappa shape index (κ3) is 3.76. The Morgan fingerprint density at radius 1 is 1.36 bits per heavy atom. The molecule has 0 fully saturated rings. The first-order valence-electron chi connectivity index (χ1n) is 8.26. The number of amides is 1. The number of aromatic nitrogens is 2. The second-order valence-corrected chi connectivity index (χ2v) is 7.26. The van der Waals surface area contributed by atoms with Gasteiger partial charge in [0.2, 0.25) is 5.91 Å². The second-order valence-electron chi connectivity index (χ2n) is 5.72. The van der Waals surface area contributed by atoms with Crippen molar-refractivity contribution in [3.63, 3.8) is 0 Å². The minimum absolute atomic E-state index is 0.0866. The summed E-state index contributed by atoms with van der Waals surface area (Å²) in [6.45, 7) is 3.26.